The maximum atomic E-state index is 13.1. The molecule has 0 radical (unpaired) electrons. The monoisotopic (exact) mass is 434 g/mol. The third-order valence-corrected chi connectivity index (χ3v) is 5.78. The fourth-order valence-electron chi connectivity index (χ4n) is 4.05. The Hall–Kier alpha value is -3.48. The van der Waals surface area contributed by atoms with Crippen LogP contribution >= 0.6 is 0 Å². The Kier molecular flexibility index (Phi) is 6.08. The van der Waals surface area contributed by atoms with Gasteiger partial charge in [-0.1, -0.05) is 32.3 Å². The lowest BCUT2D eigenvalue weighted by Gasteiger charge is -2.13. The first-order chi connectivity index (χ1) is 15.5. The van der Waals surface area contributed by atoms with Gasteiger partial charge in [-0.3, -0.25) is 14.2 Å². The minimum Gasteiger partial charge on any atom is -0.494 e. The molecule has 166 valence electrons. The third kappa shape index (κ3) is 3.79. The van der Waals surface area contributed by atoms with Crippen molar-refractivity contribution >= 4 is 22.7 Å². The Morgan fingerprint density at radius 2 is 1.94 bits per heavy atom. The van der Waals surface area contributed by atoms with E-state index in [4.69, 9.17) is 9.47 Å². The predicted octanol–water partition coefficient (Wildman–Crippen LogP) is 4.45. The average Bonchev–Trinajstić information content (AvgIpc) is 3.08. The van der Waals surface area contributed by atoms with Gasteiger partial charge < -0.3 is 9.47 Å². The zero-order valence-corrected chi connectivity index (χ0v) is 18.5. The van der Waals surface area contributed by atoms with Crippen LogP contribution in [-0.2, 0) is 4.74 Å². The van der Waals surface area contributed by atoms with Crippen LogP contribution < -0.4 is 10.3 Å². The molecule has 4 rings (SSSR count). The number of rotatable bonds is 8. The van der Waals surface area contributed by atoms with Crippen LogP contribution in [0.2, 0.25) is 0 Å². The molecular weight excluding hydrogens is 408 g/mol. The first-order valence-corrected chi connectivity index (χ1v) is 11.0. The summed E-state index contributed by atoms with van der Waals surface area (Å²) in [6, 6.07) is 9.71. The van der Waals surface area contributed by atoms with Crippen molar-refractivity contribution in [2.75, 3.05) is 7.11 Å². The van der Waals surface area contributed by atoms with E-state index in [1.165, 1.54) is 24.2 Å². The molecule has 1 aromatic heterocycles. The minimum absolute atomic E-state index is 0.0109. The number of hydrogen-bond acceptors (Lipinski definition) is 6. The number of aromatic nitrogens is 2. The number of hydrogen-bond donors (Lipinski definition) is 0. The normalized spacial score (nSPS) is 13.0. The molecule has 32 heavy (non-hydrogen) atoms. The Morgan fingerprint density at radius 3 is 2.69 bits per heavy atom. The van der Waals surface area contributed by atoms with E-state index in [9.17, 15) is 14.4 Å². The first-order valence-electron chi connectivity index (χ1n) is 11.0. The fraction of sp³-hybridized carbons (Fsp3) is 0.360. The van der Waals surface area contributed by atoms with Crippen LogP contribution in [0.4, 0.5) is 0 Å². The highest BCUT2D eigenvalue weighted by Crippen LogP contribution is 2.30. The molecule has 0 bridgehead atoms. The highest BCUT2D eigenvalue weighted by molar-refractivity contribution is 6.14. The SMILES string of the molecule is CCCCCCC(C)OC(=O)c1ccc2c(c1)C(=O)c1nc3c(OC)cccc3c(=O)n1-2. The van der Waals surface area contributed by atoms with E-state index in [1.807, 2.05) is 6.92 Å². The molecule has 2 heterocycles. The second kappa shape index (κ2) is 8.94. The lowest BCUT2D eigenvalue weighted by atomic mass is 10.1. The van der Waals surface area contributed by atoms with E-state index >= 15 is 0 Å². The molecule has 7 nitrogen and oxygen atoms in total. The summed E-state index contributed by atoms with van der Waals surface area (Å²) in [5, 5.41) is 0.356. The minimum atomic E-state index is -0.480. The highest BCUT2D eigenvalue weighted by atomic mass is 16.5. The summed E-state index contributed by atoms with van der Waals surface area (Å²) in [6.07, 6.45) is 5.04. The number of fused-ring (bicyclic) bond motifs is 4. The molecule has 0 saturated heterocycles. The number of unbranched alkanes of at least 4 members (excludes halogenated alkanes) is 3. The lowest BCUT2D eigenvalue weighted by Crippen LogP contribution is -2.21. The molecule has 1 atom stereocenters. The van der Waals surface area contributed by atoms with Gasteiger partial charge in [0.25, 0.3) is 5.56 Å². The molecule has 0 spiro atoms. The van der Waals surface area contributed by atoms with Crippen molar-refractivity contribution in [2.24, 2.45) is 0 Å². The molecule has 7 heteroatoms. The maximum absolute atomic E-state index is 13.1. The zero-order valence-electron chi connectivity index (χ0n) is 18.5. The summed E-state index contributed by atoms with van der Waals surface area (Å²) in [5.41, 5.74) is 0.932. The number of para-hydroxylation sites is 1. The van der Waals surface area contributed by atoms with Crippen molar-refractivity contribution in [3.63, 3.8) is 0 Å². The third-order valence-electron chi connectivity index (χ3n) is 5.78. The van der Waals surface area contributed by atoms with Crippen molar-refractivity contribution in [1.29, 1.82) is 0 Å². The fourth-order valence-corrected chi connectivity index (χ4v) is 4.05. The van der Waals surface area contributed by atoms with Crippen LogP contribution in [0.5, 0.6) is 5.75 Å². The van der Waals surface area contributed by atoms with Gasteiger partial charge in [0.1, 0.15) is 11.3 Å². The summed E-state index contributed by atoms with van der Waals surface area (Å²) in [7, 11) is 1.49. The first kappa shape index (κ1) is 21.7. The largest absolute Gasteiger partial charge is 0.494 e. The molecule has 3 aromatic rings. The Bertz CT molecular complexity index is 1260. The highest BCUT2D eigenvalue weighted by Gasteiger charge is 2.32. The van der Waals surface area contributed by atoms with E-state index in [-0.39, 0.29) is 28.6 Å². The predicted molar refractivity (Wildman–Crippen MR) is 121 cm³/mol. The smallest absolute Gasteiger partial charge is 0.338 e. The Morgan fingerprint density at radius 1 is 1.12 bits per heavy atom. The Balaban J connectivity index is 1.63. The Labute approximate surface area is 186 Å². The summed E-state index contributed by atoms with van der Waals surface area (Å²) in [4.78, 5) is 43.3. The lowest BCUT2D eigenvalue weighted by molar-refractivity contribution is 0.0319. The van der Waals surface area contributed by atoms with Crippen molar-refractivity contribution in [3.05, 3.63) is 63.7 Å². The van der Waals surface area contributed by atoms with Crippen molar-refractivity contribution in [3.8, 4) is 11.4 Å². The van der Waals surface area contributed by atoms with Crippen LogP contribution in [0.25, 0.3) is 16.6 Å². The number of carbonyl (C=O) groups is 2. The summed E-state index contributed by atoms with van der Waals surface area (Å²) >= 11 is 0. The quantitative estimate of drug-likeness (QED) is 0.301. The van der Waals surface area contributed by atoms with E-state index in [0.717, 1.165) is 25.7 Å². The van der Waals surface area contributed by atoms with Gasteiger partial charge in [0, 0.05) is 0 Å². The molecule has 0 aliphatic carbocycles. The van der Waals surface area contributed by atoms with Crippen molar-refractivity contribution in [2.45, 2.75) is 52.1 Å². The maximum Gasteiger partial charge on any atom is 0.338 e. The summed E-state index contributed by atoms with van der Waals surface area (Å²) in [6.45, 7) is 4.03. The van der Waals surface area contributed by atoms with Gasteiger partial charge in [0.05, 0.1) is 35.4 Å². The van der Waals surface area contributed by atoms with Gasteiger partial charge in [0.15, 0.2) is 5.82 Å². The second-order valence-corrected chi connectivity index (χ2v) is 8.06. The van der Waals surface area contributed by atoms with Crippen LogP contribution in [0, 0.1) is 0 Å². The van der Waals surface area contributed by atoms with Crippen LogP contribution in [-0.4, -0.2) is 34.5 Å². The van der Waals surface area contributed by atoms with Gasteiger partial charge in [-0.2, -0.15) is 0 Å². The number of ether oxygens (including phenoxy) is 2. The van der Waals surface area contributed by atoms with E-state index in [0.29, 0.717) is 22.3 Å². The molecule has 0 saturated carbocycles. The van der Waals surface area contributed by atoms with Crippen molar-refractivity contribution in [1.82, 2.24) is 9.55 Å². The molecule has 2 aromatic carbocycles. The number of methoxy groups -OCH3 is 1. The van der Waals surface area contributed by atoms with E-state index in [1.54, 1.807) is 30.3 Å². The summed E-state index contributed by atoms with van der Waals surface area (Å²) < 4.78 is 12.2. The molecule has 0 fully saturated rings. The molecular formula is C25H26N2O5. The van der Waals surface area contributed by atoms with E-state index in [2.05, 4.69) is 11.9 Å². The molecule has 0 amide bonds. The molecule has 0 N–H and O–H groups in total. The number of carbonyl (C=O) groups excluding carboxylic acids is 2. The van der Waals surface area contributed by atoms with Crippen molar-refractivity contribution < 1.29 is 19.1 Å². The average molecular weight is 434 g/mol. The number of nitrogens with zero attached hydrogens (tertiary/aromatic N) is 2. The van der Waals surface area contributed by atoms with Gasteiger partial charge in [-0.05, 0) is 50.1 Å². The van der Waals surface area contributed by atoms with Crippen LogP contribution in [0.15, 0.2) is 41.2 Å². The second-order valence-electron chi connectivity index (χ2n) is 8.06. The zero-order chi connectivity index (χ0) is 22.8. The molecule has 1 aliphatic heterocycles. The van der Waals surface area contributed by atoms with Gasteiger partial charge in [-0.25, -0.2) is 9.78 Å². The van der Waals surface area contributed by atoms with Gasteiger partial charge in [0.2, 0.25) is 5.78 Å². The summed E-state index contributed by atoms with van der Waals surface area (Å²) in [5.74, 6) is -0.459. The van der Waals surface area contributed by atoms with Crippen LogP contribution in [0.1, 0.15) is 72.5 Å². The van der Waals surface area contributed by atoms with Gasteiger partial charge in [-0.15, -0.1) is 0 Å². The molecule has 1 unspecified atom stereocenters. The topological polar surface area (TPSA) is 87.5 Å². The number of esters is 1. The molecule has 1 aliphatic rings. The van der Waals surface area contributed by atoms with E-state index < -0.39 is 11.8 Å². The van der Waals surface area contributed by atoms with Crippen LogP contribution in [0.3, 0.4) is 0 Å². The number of benzene rings is 2. The standard InChI is InChI=1S/C25H26N2O5/c1-4-5-6-7-9-15(2)32-25(30)16-12-13-19-18(14-16)22(28)23-26-21-17(24(29)27(19)23)10-8-11-20(21)31-3/h8,10-15H,4-7,9H2,1-3H3. The van der Waals surface area contributed by atoms with Gasteiger partial charge >= 0.3 is 5.97 Å². The number of ketones is 1.